The molecule has 0 radical (unpaired) electrons. The van der Waals surface area contributed by atoms with Gasteiger partial charge in [-0.05, 0) is 62.0 Å². The fraction of sp³-hybridized carbons (Fsp3) is 0. The fourth-order valence-corrected chi connectivity index (χ4v) is 2.87. The molecule has 2 N–H and O–H groups in total. The average molecular weight is 272 g/mol. The SMILES string of the molecule is OB(O)c1ccc2cc3cc4ccccc4cc3cc2c1. The second-order valence-corrected chi connectivity index (χ2v) is 5.38. The molecule has 3 heteroatoms. The van der Waals surface area contributed by atoms with Gasteiger partial charge in [0, 0.05) is 0 Å². The Bertz CT molecular complexity index is 976. The van der Waals surface area contributed by atoms with E-state index in [9.17, 15) is 10.0 Å². The van der Waals surface area contributed by atoms with E-state index in [2.05, 4.69) is 36.4 Å². The third-order valence-electron chi connectivity index (χ3n) is 3.98. The summed E-state index contributed by atoms with van der Waals surface area (Å²) in [6.45, 7) is 0. The highest BCUT2D eigenvalue weighted by Gasteiger charge is 2.11. The van der Waals surface area contributed by atoms with Crippen molar-refractivity contribution >= 4 is 44.9 Å². The summed E-state index contributed by atoms with van der Waals surface area (Å²) in [4.78, 5) is 0. The summed E-state index contributed by atoms with van der Waals surface area (Å²) < 4.78 is 0. The van der Waals surface area contributed by atoms with Crippen molar-refractivity contribution in [2.75, 3.05) is 0 Å². The van der Waals surface area contributed by atoms with E-state index in [-0.39, 0.29) is 0 Å². The summed E-state index contributed by atoms with van der Waals surface area (Å²) in [7, 11) is -1.43. The van der Waals surface area contributed by atoms with Gasteiger partial charge in [-0.15, -0.1) is 0 Å². The minimum absolute atomic E-state index is 0.516. The van der Waals surface area contributed by atoms with Gasteiger partial charge in [-0.2, -0.15) is 0 Å². The van der Waals surface area contributed by atoms with E-state index < -0.39 is 7.12 Å². The highest BCUT2D eigenvalue weighted by Crippen LogP contribution is 2.26. The van der Waals surface area contributed by atoms with Crippen LogP contribution in [0.4, 0.5) is 0 Å². The van der Waals surface area contributed by atoms with Gasteiger partial charge in [0.05, 0.1) is 0 Å². The zero-order valence-electron chi connectivity index (χ0n) is 11.3. The molecule has 100 valence electrons. The van der Waals surface area contributed by atoms with Crippen LogP contribution in [0.1, 0.15) is 0 Å². The first-order valence-electron chi connectivity index (χ1n) is 6.93. The van der Waals surface area contributed by atoms with Gasteiger partial charge in [-0.3, -0.25) is 0 Å². The number of fused-ring (bicyclic) bond motifs is 3. The molecule has 0 heterocycles. The monoisotopic (exact) mass is 272 g/mol. The van der Waals surface area contributed by atoms with Crippen molar-refractivity contribution in [3.05, 3.63) is 66.7 Å². The quantitative estimate of drug-likeness (QED) is 0.413. The van der Waals surface area contributed by atoms with Gasteiger partial charge in [-0.1, -0.05) is 42.5 Å². The molecule has 0 amide bonds. The Morgan fingerprint density at radius 2 is 1.00 bits per heavy atom. The van der Waals surface area contributed by atoms with Gasteiger partial charge in [0.25, 0.3) is 0 Å². The molecule has 0 spiro atoms. The Balaban J connectivity index is 2.05. The molecule has 4 aromatic rings. The molecule has 0 aliphatic heterocycles. The lowest BCUT2D eigenvalue weighted by molar-refractivity contribution is 0.426. The average Bonchev–Trinajstić information content (AvgIpc) is 2.50. The standard InChI is InChI=1S/C18H13BO2/c20-19(21)18-6-5-14-9-15-7-12-3-1-2-4-13(12)8-16(15)10-17(14)11-18/h1-11,20-21H. The highest BCUT2D eigenvalue weighted by molar-refractivity contribution is 6.58. The van der Waals surface area contributed by atoms with Gasteiger partial charge in [0.1, 0.15) is 0 Å². The Morgan fingerprint density at radius 3 is 1.57 bits per heavy atom. The number of rotatable bonds is 1. The van der Waals surface area contributed by atoms with Crippen LogP contribution in [0.25, 0.3) is 32.3 Å². The molecule has 0 saturated heterocycles. The normalized spacial score (nSPS) is 11.3. The molecule has 0 unspecified atom stereocenters. The van der Waals surface area contributed by atoms with Crippen molar-refractivity contribution < 1.29 is 10.0 Å². The fourth-order valence-electron chi connectivity index (χ4n) is 2.87. The van der Waals surface area contributed by atoms with Crippen molar-refractivity contribution in [3.8, 4) is 0 Å². The van der Waals surface area contributed by atoms with Gasteiger partial charge < -0.3 is 10.0 Å². The molecule has 4 aromatic carbocycles. The van der Waals surface area contributed by atoms with E-state index in [1.807, 2.05) is 24.3 Å². The van der Waals surface area contributed by atoms with Gasteiger partial charge in [-0.25, -0.2) is 0 Å². The van der Waals surface area contributed by atoms with Crippen LogP contribution < -0.4 is 5.46 Å². The number of hydrogen-bond acceptors (Lipinski definition) is 2. The first kappa shape index (κ1) is 12.4. The summed E-state index contributed by atoms with van der Waals surface area (Å²) in [5.41, 5.74) is 0.516. The second kappa shape index (κ2) is 4.59. The second-order valence-electron chi connectivity index (χ2n) is 5.38. The van der Waals surface area contributed by atoms with Gasteiger partial charge in [0.2, 0.25) is 0 Å². The summed E-state index contributed by atoms with van der Waals surface area (Å²) in [5, 5.41) is 25.5. The minimum Gasteiger partial charge on any atom is -0.423 e. The molecule has 2 nitrogen and oxygen atoms in total. The van der Waals surface area contributed by atoms with E-state index in [0.29, 0.717) is 5.46 Å². The molecule has 0 bridgehead atoms. The van der Waals surface area contributed by atoms with Crippen molar-refractivity contribution in [2.24, 2.45) is 0 Å². The van der Waals surface area contributed by atoms with Crippen LogP contribution >= 0.6 is 0 Å². The Hall–Kier alpha value is -2.36. The zero-order valence-corrected chi connectivity index (χ0v) is 11.3. The van der Waals surface area contributed by atoms with Crippen molar-refractivity contribution in [1.82, 2.24) is 0 Å². The van der Waals surface area contributed by atoms with Crippen molar-refractivity contribution in [3.63, 3.8) is 0 Å². The Kier molecular flexibility index (Phi) is 2.71. The molecule has 0 aliphatic rings. The lowest BCUT2D eigenvalue weighted by Gasteiger charge is -2.07. The van der Waals surface area contributed by atoms with Crippen LogP contribution in [-0.4, -0.2) is 17.2 Å². The van der Waals surface area contributed by atoms with Crippen LogP contribution in [-0.2, 0) is 0 Å². The minimum atomic E-state index is -1.43. The summed E-state index contributed by atoms with van der Waals surface area (Å²) in [6, 6.07) is 22.4. The predicted molar refractivity (Wildman–Crippen MR) is 88.8 cm³/mol. The van der Waals surface area contributed by atoms with E-state index in [4.69, 9.17) is 0 Å². The Morgan fingerprint density at radius 1 is 0.524 bits per heavy atom. The lowest BCUT2D eigenvalue weighted by atomic mass is 9.79. The molecular weight excluding hydrogens is 259 g/mol. The summed E-state index contributed by atoms with van der Waals surface area (Å²) in [6.07, 6.45) is 0. The van der Waals surface area contributed by atoms with Gasteiger partial charge in [0.15, 0.2) is 0 Å². The van der Waals surface area contributed by atoms with Crippen molar-refractivity contribution in [2.45, 2.75) is 0 Å². The van der Waals surface area contributed by atoms with E-state index in [1.54, 1.807) is 6.07 Å². The zero-order chi connectivity index (χ0) is 14.4. The van der Waals surface area contributed by atoms with Crippen LogP contribution in [0, 0.1) is 0 Å². The molecule has 4 rings (SSSR count). The van der Waals surface area contributed by atoms with E-state index in [0.717, 1.165) is 16.2 Å². The van der Waals surface area contributed by atoms with Crippen LogP contribution in [0.15, 0.2) is 66.7 Å². The summed E-state index contributed by atoms with van der Waals surface area (Å²) >= 11 is 0. The summed E-state index contributed by atoms with van der Waals surface area (Å²) in [5.74, 6) is 0. The molecule has 0 aromatic heterocycles. The number of hydrogen-bond donors (Lipinski definition) is 2. The largest absolute Gasteiger partial charge is 0.488 e. The van der Waals surface area contributed by atoms with Crippen LogP contribution in [0.3, 0.4) is 0 Å². The Labute approximate surface area is 122 Å². The highest BCUT2D eigenvalue weighted by atomic mass is 16.4. The van der Waals surface area contributed by atoms with E-state index in [1.165, 1.54) is 16.2 Å². The smallest absolute Gasteiger partial charge is 0.423 e. The molecule has 0 saturated carbocycles. The van der Waals surface area contributed by atoms with Crippen LogP contribution in [0.2, 0.25) is 0 Å². The molecule has 21 heavy (non-hydrogen) atoms. The molecular formula is C18H13BO2. The third kappa shape index (κ3) is 2.07. The maximum absolute atomic E-state index is 9.29. The molecule has 0 aliphatic carbocycles. The number of benzene rings is 4. The predicted octanol–water partition coefficient (Wildman–Crippen LogP) is 2.83. The molecule has 0 fully saturated rings. The maximum Gasteiger partial charge on any atom is 0.488 e. The topological polar surface area (TPSA) is 40.5 Å². The molecule has 0 atom stereocenters. The van der Waals surface area contributed by atoms with Crippen LogP contribution in [0.5, 0.6) is 0 Å². The maximum atomic E-state index is 9.29. The first-order valence-corrected chi connectivity index (χ1v) is 6.93. The lowest BCUT2D eigenvalue weighted by Crippen LogP contribution is -2.29. The third-order valence-corrected chi connectivity index (χ3v) is 3.98. The van der Waals surface area contributed by atoms with Crippen molar-refractivity contribution in [1.29, 1.82) is 0 Å². The van der Waals surface area contributed by atoms with E-state index >= 15 is 0 Å². The van der Waals surface area contributed by atoms with Gasteiger partial charge >= 0.3 is 7.12 Å². The first-order chi connectivity index (χ1) is 10.2.